The lowest BCUT2D eigenvalue weighted by Crippen LogP contribution is -2.32. The van der Waals surface area contributed by atoms with E-state index in [1.54, 1.807) is 33.1 Å². The number of hydrogen-bond donors (Lipinski definition) is 1. The van der Waals surface area contributed by atoms with Crippen LogP contribution in [0.1, 0.15) is 38.9 Å². The van der Waals surface area contributed by atoms with Gasteiger partial charge in [0, 0.05) is 6.54 Å². The normalized spacial score (nSPS) is 12.7. The van der Waals surface area contributed by atoms with Gasteiger partial charge in [-0.05, 0) is 38.0 Å². The first kappa shape index (κ1) is 21.1. The number of carbonyl (C=O) groups is 3. The number of pyridine rings is 1. The van der Waals surface area contributed by atoms with E-state index in [1.807, 2.05) is 6.07 Å². The van der Waals surface area contributed by atoms with Gasteiger partial charge in [-0.2, -0.15) is 0 Å². The molecule has 0 atom stereocenters. The lowest BCUT2D eigenvalue weighted by molar-refractivity contribution is -0.114. The van der Waals surface area contributed by atoms with Gasteiger partial charge in [0.1, 0.15) is 11.4 Å². The van der Waals surface area contributed by atoms with Crippen LogP contribution in [0.3, 0.4) is 0 Å². The summed E-state index contributed by atoms with van der Waals surface area (Å²) in [5.41, 5.74) is 7.14. The van der Waals surface area contributed by atoms with Gasteiger partial charge in [-0.25, -0.2) is 9.78 Å². The zero-order chi connectivity index (χ0) is 22.0. The number of fused-ring (bicyclic) bond motifs is 1. The van der Waals surface area contributed by atoms with Gasteiger partial charge < -0.3 is 19.9 Å². The third kappa shape index (κ3) is 3.54. The summed E-state index contributed by atoms with van der Waals surface area (Å²) in [6.07, 6.45) is 0.444. The molecule has 9 heteroatoms. The van der Waals surface area contributed by atoms with Crippen LogP contribution in [-0.2, 0) is 16.0 Å². The summed E-state index contributed by atoms with van der Waals surface area (Å²) >= 11 is 0. The van der Waals surface area contributed by atoms with E-state index >= 15 is 0 Å². The van der Waals surface area contributed by atoms with E-state index in [9.17, 15) is 14.4 Å². The topological polar surface area (TPSA) is 121 Å². The number of carbonyl (C=O) groups excluding carboxylic acids is 3. The number of amides is 1. The van der Waals surface area contributed by atoms with E-state index in [0.717, 1.165) is 5.56 Å². The average molecular weight is 413 g/mol. The van der Waals surface area contributed by atoms with Gasteiger partial charge in [0.05, 0.1) is 37.8 Å². The predicted molar refractivity (Wildman–Crippen MR) is 109 cm³/mol. The van der Waals surface area contributed by atoms with Gasteiger partial charge in [-0.1, -0.05) is 6.07 Å². The van der Waals surface area contributed by atoms with Crippen molar-refractivity contribution in [2.24, 2.45) is 0 Å². The maximum atomic E-state index is 12.6. The second kappa shape index (κ2) is 8.40. The van der Waals surface area contributed by atoms with E-state index in [0.29, 0.717) is 23.6 Å². The molecule has 0 saturated heterocycles. The minimum absolute atomic E-state index is 0.0125. The number of methoxy groups -OCH3 is 2. The van der Waals surface area contributed by atoms with Crippen molar-refractivity contribution >= 4 is 29.2 Å². The van der Waals surface area contributed by atoms with Crippen molar-refractivity contribution in [3.05, 3.63) is 40.6 Å². The van der Waals surface area contributed by atoms with Crippen LogP contribution < -0.4 is 20.1 Å². The first-order valence-electron chi connectivity index (χ1n) is 9.38. The van der Waals surface area contributed by atoms with E-state index in [4.69, 9.17) is 19.9 Å². The summed E-state index contributed by atoms with van der Waals surface area (Å²) in [4.78, 5) is 43.0. The summed E-state index contributed by atoms with van der Waals surface area (Å²) in [5.74, 6) is -0.870. The number of esters is 1. The van der Waals surface area contributed by atoms with Gasteiger partial charge in [-0.3, -0.25) is 14.5 Å². The molecule has 0 aliphatic carbocycles. The number of rotatable bonds is 7. The first-order valence-corrected chi connectivity index (χ1v) is 9.38. The molecular formula is C21H23N3O6. The summed E-state index contributed by atoms with van der Waals surface area (Å²) in [6, 6.07) is 5.42. The smallest absolute Gasteiger partial charge is 0.342 e. The number of anilines is 2. The Morgan fingerprint density at radius 1 is 1.17 bits per heavy atom. The summed E-state index contributed by atoms with van der Waals surface area (Å²) in [5, 5.41) is 0. The van der Waals surface area contributed by atoms with E-state index in [2.05, 4.69) is 4.98 Å². The minimum atomic E-state index is -0.784. The van der Waals surface area contributed by atoms with E-state index < -0.39 is 17.7 Å². The molecular weight excluding hydrogens is 390 g/mol. The summed E-state index contributed by atoms with van der Waals surface area (Å²) in [7, 11) is 3.09. The fourth-order valence-electron chi connectivity index (χ4n) is 3.40. The molecule has 0 saturated carbocycles. The van der Waals surface area contributed by atoms with Crippen molar-refractivity contribution in [3.8, 4) is 11.5 Å². The van der Waals surface area contributed by atoms with Gasteiger partial charge in [0.25, 0.3) is 5.78 Å². The Hall–Kier alpha value is -3.62. The van der Waals surface area contributed by atoms with E-state index in [-0.39, 0.29) is 35.8 Å². The Bertz CT molecular complexity index is 1030. The zero-order valence-electron chi connectivity index (χ0n) is 17.3. The van der Waals surface area contributed by atoms with Crippen LogP contribution in [0.2, 0.25) is 0 Å². The summed E-state index contributed by atoms with van der Waals surface area (Å²) in [6.45, 7) is 3.61. The van der Waals surface area contributed by atoms with E-state index in [1.165, 1.54) is 12.0 Å². The molecule has 1 amide bonds. The Morgan fingerprint density at radius 3 is 2.50 bits per heavy atom. The number of Topliss-reactive ketones (excluding diaryl/α,β-unsaturated/α-hetero) is 1. The largest absolute Gasteiger partial charge is 0.493 e. The molecule has 158 valence electrons. The number of hydrogen-bond acceptors (Lipinski definition) is 8. The van der Waals surface area contributed by atoms with Crippen molar-refractivity contribution in [3.63, 3.8) is 0 Å². The number of nitrogen functional groups attached to an aromatic ring is 1. The quantitative estimate of drug-likeness (QED) is 0.540. The van der Waals surface area contributed by atoms with Crippen LogP contribution >= 0.6 is 0 Å². The highest BCUT2D eigenvalue weighted by Crippen LogP contribution is 2.35. The molecule has 1 aromatic heterocycles. The van der Waals surface area contributed by atoms with Crippen LogP contribution in [0.15, 0.2) is 18.2 Å². The molecule has 2 heterocycles. The third-order valence-corrected chi connectivity index (χ3v) is 4.87. The second-order valence-electron chi connectivity index (χ2n) is 6.63. The Labute approximate surface area is 173 Å². The summed E-state index contributed by atoms with van der Waals surface area (Å²) < 4.78 is 15.5. The molecule has 2 N–H and O–H groups in total. The molecule has 9 nitrogen and oxygen atoms in total. The average Bonchev–Trinajstić information content (AvgIpc) is 2.96. The van der Waals surface area contributed by atoms with Crippen molar-refractivity contribution < 1.29 is 28.6 Å². The lowest BCUT2D eigenvalue weighted by atomic mass is 10.1. The SMILES string of the molecule is CCOC(=O)c1c(C)nc2c(c1N)C(=O)C(=O)N2CCc1ccc(OC)c(OC)c1. The number of nitrogens with zero attached hydrogens (tertiary/aromatic N) is 2. The number of ether oxygens (including phenoxy) is 3. The molecule has 0 fully saturated rings. The number of ketones is 1. The van der Waals surface area contributed by atoms with Gasteiger partial charge >= 0.3 is 11.9 Å². The zero-order valence-corrected chi connectivity index (χ0v) is 17.3. The first-order chi connectivity index (χ1) is 14.3. The fraction of sp³-hybridized carbons (Fsp3) is 0.333. The molecule has 2 aromatic rings. The highest BCUT2D eigenvalue weighted by Gasteiger charge is 2.41. The lowest BCUT2D eigenvalue weighted by Gasteiger charge is -2.18. The number of nitrogens with two attached hydrogens (primary N) is 1. The molecule has 0 spiro atoms. The Morgan fingerprint density at radius 2 is 1.87 bits per heavy atom. The van der Waals surface area contributed by atoms with Crippen LogP contribution in [0.5, 0.6) is 11.5 Å². The third-order valence-electron chi connectivity index (χ3n) is 4.87. The number of benzene rings is 1. The Balaban J connectivity index is 1.92. The van der Waals surface area contributed by atoms with Crippen LogP contribution in [0.25, 0.3) is 0 Å². The van der Waals surface area contributed by atoms with Crippen LogP contribution in [0, 0.1) is 6.92 Å². The number of aryl methyl sites for hydroxylation is 1. The van der Waals surface area contributed by atoms with Crippen molar-refractivity contribution in [2.45, 2.75) is 20.3 Å². The highest BCUT2D eigenvalue weighted by atomic mass is 16.5. The number of aromatic nitrogens is 1. The van der Waals surface area contributed by atoms with Crippen LogP contribution in [-0.4, -0.2) is 50.0 Å². The molecule has 0 bridgehead atoms. The minimum Gasteiger partial charge on any atom is -0.493 e. The van der Waals surface area contributed by atoms with Gasteiger partial charge in [-0.15, -0.1) is 0 Å². The second-order valence-corrected chi connectivity index (χ2v) is 6.63. The standard InChI is InChI=1S/C21H23N3O6/c1-5-30-21(27)15-11(2)23-19-16(17(15)22)18(25)20(26)24(19)9-8-12-6-7-13(28-3)14(10-12)29-4/h6-7,10H,5,8-9H2,1-4H3,(H2,22,23). The maximum Gasteiger partial charge on any atom is 0.342 e. The maximum absolute atomic E-state index is 12.6. The molecule has 0 unspecified atom stereocenters. The van der Waals surface area contributed by atoms with Gasteiger partial charge in [0.2, 0.25) is 0 Å². The monoisotopic (exact) mass is 413 g/mol. The van der Waals surface area contributed by atoms with Crippen molar-refractivity contribution in [1.82, 2.24) is 4.98 Å². The molecule has 0 radical (unpaired) electrons. The molecule has 1 aliphatic rings. The van der Waals surface area contributed by atoms with Gasteiger partial charge in [0.15, 0.2) is 11.5 Å². The molecule has 30 heavy (non-hydrogen) atoms. The fourth-order valence-corrected chi connectivity index (χ4v) is 3.40. The molecule has 1 aromatic carbocycles. The molecule has 1 aliphatic heterocycles. The highest BCUT2D eigenvalue weighted by molar-refractivity contribution is 6.53. The predicted octanol–water partition coefficient (Wildman–Crippen LogP) is 1.94. The van der Waals surface area contributed by atoms with Crippen molar-refractivity contribution in [1.29, 1.82) is 0 Å². The Kier molecular flexibility index (Phi) is 5.91. The van der Waals surface area contributed by atoms with Crippen molar-refractivity contribution in [2.75, 3.05) is 38.0 Å². The van der Waals surface area contributed by atoms with Crippen LogP contribution in [0.4, 0.5) is 11.5 Å². The molecule has 3 rings (SSSR count).